The number of hydrogen-bond acceptors (Lipinski definition) is 3. The lowest BCUT2D eigenvalue weighted by Gasteiger charge is -2.29. The quantitative estimate of drug-likeness (QED) is 0.836. The van der Waals surface area contributed by atoms with Crippen LogP contribution in [0.2, 0.25) is 0 Å². The number of aryl methyl sites for hydroxylation is 2. The van der Waals surface area contributed by atoms with Crippen LogP contribution >= 0.6 is 0 Å². The van der Waals surface area contributed by atoms with Crippen molar-refractivity contribution in [2.75, 3.05) is 26.3 Å². The van der Waals surface area contributed by atoms with Gasteiger partial charge in [-0.2, -0.15) is 0 Å². The SMILES string of the molecule is Cc1cc(C)cc(O[C@@H](C)C(=O)N2CCOCC2)c1. The molecule has 1 atom stereocenters. The summed E-state index contributed by atoms with van der Waals surface area (Å²) in [6.07, 6.45) is -0.459. The average molecular weight is 263 g/mol. The van der Waals surface area contributed by atoms with Crippen molar-refractivity contribution in [2.45, 2.75) is 26.9 Å². The van der Waals surface area contributed by atoms with Crippen LogP contribution in [0.15, 0.2) is 18.2 Å². The number of nitrogens with zero attached hydrogens (tertiary/aromatic N) is 1. The van der Waals surface area contributed by atoms with Gasteiger partial charge in [0.25, 0.3) is 5.91 Å². The van der Waals surface area contributed by atoms with Gasteiger partial charge in [-0.05, 0) is 44.0 Å². The highest BCUT2D eigenvalue weighted by Gasteiger charge is 2.23. The van der Waals surface area contributed by atoms with Gasteiger partial charge in [0, 0.05) is 13.1 Å². The van der Waals surface area contributed by atoms with E-state index in [1.807, 2.05) is 26.0 Å². The number of amides is 1. The van der Waals surface area contributed by atoms with Crippen LogP contribution in [-0.4, -0.2) is 43.2 Å². The van der Waals surface area contributed by atoms with Crippen LogP contribution in [0.1, 0.15) is 18.1 Å². The zero-order valence-corrected chi connectivity index (χ0v) is 11.8. The molecule has 4 heteroatoms. The maximum absolute atomic E-state index is 12.2. The molecule has 1 heterocycles. The molecule has 0 spiro atoms. The van der Waals surface area contributed by atoms with Crippen LogP contribution in [0, 0.1) is 13.8 Å². The van der Waals surface area contributed by atoms with Crippen molar-refractivity contribution in [1.82, 2.24) is 4.90 Å². The summed E-state index contributed by atoms with van der Waals surface area (Å²) >= 11 is 0. The van der Waals surface area contributed by atoms with Crippen molar-refractivity contribution in [1.29, 1.82) is 0 Å². The minimum atomic E-state index is -0.459. The van der Waals surface area contributed by atoms with Gasteiger partial charge in [0.05, 0.1) is 13.2 Å². The summed E-state index contributed by atoms with van der Waals surface area (Å²) in [7, 11) is 0. The zero-order chi connectivity index (χ0) is 13.8. The third-order valence-electron chi connectivity index (χ3n) is 3.18. The average Bonchev–Trinajstić information content (AvgIpc) is 2.37. The first-order valence-corrected chi connectivity index (χ1v) is 6.68. The van der Waals surface area contributed by atoms with Gasteiger partial charge in [0.1, 0.15) is 5.75 Å². The van der Waals surface area contributed by atoms with Crippen LogP contribution in [0.25, 0.3) is 0 Å². The molecular formula is C15H21NO3. The number of carbonyl (C=O) groups is 1. The third-order valence-corrected chi connectivity index (χ3v) is 3.18. The van der Waals surface area contributed by atoms with E-state index in [0.29, 0.717) is 26.3 Å². The number of carbonyl (C=O) groups excluding carboxylic acids is 1. The zero-order valence-electron chi connectivity index (χ0n) is 11.8. The number of rotatable bonds is 3. The maximum atomic E-state index is 12.2. The summed E-state index contributed by atoms with van der Waals surface area (Å²) in [6, 6.07) is 5.99. The summed E-state index contributed by atoms with van der Waals surface area (Å²) in [4.78, 5) is 14.0. The topological polar surface area (TPSA) is 38.8 Å². The van der Waals surface area contributed by atoms with Crippen molar-refractivity contribution >= 4 is 5.91 Å². The summed E-state index contributed by atoms with van der Waals surface area (Å²) in [5, 5.41) is 0. The monoisotopic (exact) mass is 263 g/mol. The van der Waals surface area contributed by atoms with Gasteiger partial charge in [0.15, 0.2) is 6.10 Å². The molecule has 0 unspecified atom stereocenters. The highest BCUT2D eigenvalue weighted by molar-refractivity contribution is 5.81. The lowest BCUT2D eigenvalue weighted by Crippen LogP contribution is -2.46. The standard InChI is InChI=1S/C15H21NO3/c1-11-8-12(2)10-14(9-11)19-13(3)15(17)16-4-6-18-7-5-16/h8-10,13H,4-7H2,1-3H3/t13-/m0/s1. The Kier molecular flexibility index (Phi) is 4.43. The van der Waals surface area contributed by atoms with E-state index in [2.05, 4.69) is 6.07 Å². The molecule has 1 aromatic rings. The predicted octanol–water partition coefficient (Wildman–Crippen LogP) is 1.93. The fourth-order valence-corrected chi connectivity index (χ4v) is 2.30. The summed E-state index contributed by atoms with van der Waals surface area (Å²) in [6.45, 7) is 8.38. The van der Waals surface area contributed by atoms with Gasteiger partial charge >= 0.3 is 0 Å². The Bertz CT molecular complexity index is 432. The first-order valence-electron chi connectivity index (χ1n) is 6.68. The molecule has 0 aliphatic carbocycles. The second kappa shape index (κ2) is 6.06. The molecule has 0 radical (unpaired) electrons. The van der Waals surface area contributed by atoms with Crippen molar-refractivity contribution in [2.24, 2.45) is 0 Å². The lowest BCUT2D eigenvalue weighted by molar-refractivity contribution is -0.142. The minimum Gasteiger partial charge on any atom is -0.481 e. The van der Waals surface area contributed by atoms with E-state index in [9.17, 15) is 4.79 Å². The fraction of sp³-hybridized carbons (Fsp3) is 0.533. The molecule has 1 aromatic carbocycles. The predicted molar refractivity (Wildman–Crippen MR) is 73.4 cm³/mol. The molecule has 104 valence electrons. The van der Waals surface area contributed by atoms with E-state index in [1.165, 1.54) is 0 Å². The molecule has 19 heavy (non-hydrogen) atoms. The Morgan fingerprint density at radius 1 is 1.21 bits per heavy atom. The minimum absolute atomic E-state index is 0.0301. The number of ether oxygens (including phenoxy) is 2. The van der Waals surface area contributed by atoms with Crippen molar-refractivity contribution in [3.63, 3.8) is 0 Å². The largest absolute Gasteiger partial charge is 0.481 e. The summed E-state index contributed by atoms with van der Waals surface area (Å²) in [5.74, 6) is 0.786. The first-order chi connectivity index (χ1) is 9.06. The molecule has 4 nitrogen and oxygen atoms in total. The van der Waals surface area contributed by atoms with Gasteiger partial charge in [-0.15, -0.1) is 0 Å². The molecule has 1 aliphatic heterocycles. The second-order valence-corrected chi connectivity index (χ2v) is 5.02. The van der Waals surface area contributed by atoms with Gasteiger partial charge in [0.2, 0.25) is 0 Å². The van der Waals surface area contributed by atoms with E-state index < -0.39 is 6.10 Å². The number of benzene rings is 1. The lowest BCUT2D eigenvalue weighted by atomic mass is 10.1. The molecule has 2 rings (SSSR count). The van der Waals surface area contributed by atoms with Crippen molar-refractivity contribution in [3.05, 3.63) is 29.3 Å². The van der Waals surface area contributed by atoms with E-state index in [4.69, 9.17) is 9.47 Å². The Morgan fingerprint density at radius 3 is 2.37 bits per heavy atom. The molecule has 1 amide bonds. The van der Waals surface area contributed by atoms with Gasteiger partial charge in [-0.1, -0.05) is 6.07 Å². The van der Waals surface area contributed by atoms with Crippen LogP contribution in [0.3, 0.4) is 0 Å². The molecule has 0 bridgehead atoms. The molecular weight excluding hydrogens is 242 g/mol. The van der Waals surface area contributed by atoms with E-state index in [0.717, 1.165) is 16.9 Å². The Labute approximate surface area is 114 Å². The highest BCUT2D eigenvalue weighted by atomic mass is 16.5. The number of morpholine rings is 1. The Morgan fingerprint density at radius 2 is 1.79 bits per heavy atom. The molecule has 0 aromatic heterocycles. The van der Waals surface area contributed by atoms with Crippen molar-refractivity contribution in [3.8, 4) is 5.75 Å². The van der Waals surface area contributed by atoms with Crippen molar-refractivity contribution < 1.29 is 14.3 Å². The third kappa shape index (κ3) is 3.70. The van der Waals surface area contributed by atoms with Crippen LogP contribution < -0.4 is 4.74 Å². The first kappa shape index (κ1) is 13.9. The van der Waals surface area contributed by atoms with E-state index in [1.54, 1.807) is 11.8 Å². The van der Waals surface area contributed by atoms with Crippen LogP contribution in [0.4, 0.5) is 0 Å². The summed E-state index contributed by atoms with van der Waals surface area (Å²) in [5.41, 5.74) is 2.28. The van der Waals surface area contributed by atoms with Gasteiger partial charge in [-0.25, -0.2) is 0 Å². The second-order valence-electron chi connectivity index (χ2n) is 5.02. The number of hydrogen-bond donors (Lipinski definition) is 0. The van der Waals surface area contributed by atoms with Crippen LogP contribution in [-0.2, 0) is 9.53 Å². The van der Waals surface area contributed by atoms with Crippen LogP contribution in [0.5, 0.6) is 5.75 Å². The molecule has 0 saturated carbocycles. The van der Waals surface area contributed by atoms with E-state index >= 15 is 0 Å². The van der Waals surface area contributed by atoms with Gasteiger partial charge < -0.3 is 14.4 Å². The fourth-order valence-electron chi connectivity index (χ4n) is 2.30. The van der Waals surface area contributed by atoms with Gasteiger partial charge in [-0.3, -0.25) is 4.79 Å². The highest BCUT2D eigenvalue weighted by Crippen LogP contribution is 2.18. The Hall–Kier alpha value is -1.55. The summed E-state index contributed by atoms with van der Waals surface area (Å²) < 4.78 is 11.0. The molecule has 0 N–H and O–H groups in total. The smallest absolute Gasteiger partial charge is 0.263 e. The van der Waals surface area contributed by atoms with E-state index in [-0.39, 0.29) is 5.91 Å². The molecule has 1 fully saturated rings. The Balaban J connectivity index is 1.99. The molecule has 1 saturated heterocycles. The maximum Gasteiger partial charge on any atom is 0.263 e. The molecule has 1 aliphatic rings. The normalized spacial score (nSPS) is 17.1.